The number of hydrogen-bond donors (Lipinski definition) is 2. The van der Waals surface area contributed by atoms with Gasteiger partial charge in [-0.2, -0.15) is 0 Å². The highest BCUT2D eigenvalue weighted by molar-refractivity contribution is 5.85. The van der Waals surface area contributed by atoms with Gasteiger partial charge in [-0.1, -0.05) is 44.2 Å². The zero-order valence-corrected chi connectivity index (χ0v) is 17.2. The van der Waals surface area contributed by atoms with E-state index in [9.17, 15) is 9.59 Å². The molecule has 152 valence electrons. The van der Waals surface area contributed by atoms with E-state index in [1.807, 2.05) is 30.1 Å². The number of halogens is 1. The first-order valence-corrected chi connectivity index (χ1v) is 9.35. The quantitative estimate of drug-likeness (QED) is 0.704. The smallest absolute Gasteiger partial charge is 0.317 e. The number of carbonyl (C=O) groups excluding carboxylic acids is 1. The SMILES string of the molecule is CC(C)C(NC(=O)CN1CCC(N(C)CC(=O)O)CC1)c1ccccc1.Cl. The molecule has 6 nitrogen and oxygen atoms in total. The predicted octanol–water partition coefficient (Wildman–Crippen LogP) is 2.40. The molecule has 0 saturated carbocycles. The molecule has 1 unspecified atom stereocenters. The summed E-state index contributed by atoms with van der Waals surface area (Å²) in [4.78, 5) is 27.4. The highest BCUT2D eigenvalue weighted by atomic mass is 35.5. The molecular formula is C20H32ClN3O3. The number of likely N-dealkylation sites (tertiary alicyclic amines) is 1. The first-order valence-electron chi connectivity index (χ1n) is 9.35. The average Bonchev–Trinajstić information content (AvgIpc) is 2.60. The fourth-order valence-corrected chi connectivity index (χ4v) is 3.58. The van der Waals surface area contributed by atoms with Crippen LogP contribution < -0.4 is 5.32 Å². The summed E-state index contributed by atoms with van der Waals surface area (Å²) in [7, 11) is 1.86. The van der Waals surface area contributed by atoms with Crippen molar-refractivity contribution < 1.29 is 14.7 Å². The van der Waals surface area contributed by atoms with Crippen LogP contribution in [0.2, 0.25) is 0 Å². The number of rotatable bonds is 8. The van der Waals surface area contributed by atoms with Gasteiger partial charge in [0.25, 0.3) is 0 Å². The lowest BCUT2D eigenvalue weighted by molar-refractivity contribution is -0.138. The van der Waals surface area contributed by atoms with Crippen LogP contribution in [0.4, 0.5) is 0 Å². The lowest BCUT2D eigenvalue weighted by atomic mass is 9.96. The van der Waals surface area contributed by atoms with E-state index in [1.54, 1.807) is 0 Å². The molecule has 0 spiro atoms. The van der Waals surface area contributed by atoms with Gasteiger partial charge in [-0.3, -0.25) is 19.4 Å². The van der Waals surface area contributed by atoms with Crippen LogP contribution in [0.5, 0.6) is 0 Å². The molecule has 0 radical (unpaired) electrons. The van der Waals surface area contributed by atoms with Gasteiger partial charge in [0.2, 0.25) is 5.91 Å². The molecule has 0 aromatic heterocycles. The Balaban J connectivity index is 0.00000364. The van der Waals surface area contributed by atoms with Crippen LogP contribution >= 0.6 is 12.4 Å². The number of carboxylic acids is 1. The number of nitrogens with one attached hydrogen (secondary N) is 1. The Bertz CT molecular complexity index is 589. The molecule has 0 aliphatic carbocycles. The summed E-state index contributed by atoms with van der Waals surface area (Å²) in [5.41, 5.74) is 1.13. The number of carbonyl (C=O) groups is 2. The number of hydrogen-bond acceptors (Lipinski definition) is 4. The topological polar surface area (TPSA) is 72.9 Å². The number of benzene rings is 1. The number of nitrogens with zero attached hydrogens (tertiary/aromatic N) is 2. The van der Waals surface area contributed by atoms with E-state index >= 15 is 0 Å². The van der Waals surface area contributed by atoms with Gasteiger partial charge < -0.3 is 10.4 Å². The third kappa shape index (κ3) is 7.48. The normalized spacial score (nSPS) is 16.8. The Kier molecular flexibility index (Phi) is 9.77. The third-order valence-corrected chi connectivity index (χ3v) is 5.07. The fraction of sp³-hybridized carbons (Fsp3) is 0.600. The Hall–Kier alpha value is -1.63. The van der Waals surface area contributed by atoms with E-state index < -0.39 is 5.97 Å². The third-order valence-electron chi connectivity index (χ3n) is 5.07. The van der Waals surface area contributed by atoms with Crippen LogP contribution in [0, 0.1) is 5.92 Å². The van der Waals surface area contributed by atoms with Gasteiger partial charge in [0, 0.05) is 19.1 Å². The van der Waals surface area contributed by atoms with E-state index in [1.165, 1.54) is 0 Å². The van der Waals surface area contributed by atoms with Gasteiger partial charge in [-0.25, -0.2) is 0 Å². The highest BCUT2D eigenvalue weighted by Gasteiger charge is 2.25. The van der Waals surface area contributed by atoms with E-state index in [2.05, 4.69) is 36.2 Å². The van der Waals surface area contributed by atoms with Gasteiger partial charge in [0.15, 0.2) is 0 Å². The largest absolute Gasteiger partial charge is 0.480 e. The standard InChI is InChI=1S/C20H31N3O3.ClH/c1-15(2)20(16-7-5-4-6-8-16)21-18(24)13-23-11-9-17(10-12-23)22(3)14-19(25)26;/h4-8,15,17,20H,9-14H2,1-3H3,(H,21,24)(H,25,26);1H. The van der Waals surface area contributed by atoms with E-state index in [-0.39, 0.29) is 36.9 Å². The van der Waals surface area contributed by atoms with Crippen molar-refractivity contribution >= 4 is 24.3 Å². The van der Waals surface area contributed by atoms with Gasteiger partial charge in [-0.15, -0.1) is 12.4 Å². The lowest BCUT2D eigenvalue weighted by Crippen LogP contribution is -2.48. The minimum absolute atomic E-state index is 0. The first kappa shape index (κ1) is 23.4. The van der Waals surface area contributed by atoms with Crippen LogP contribution in [0.15, 0.2) is 30.3 Å². The molecule has 1 saturated heterocycles. The molecule has 2 rings (SSSR count). The molecule has 1 atom stereocenters. The number of aliphatic carboxylic acids is 1. The molecule has 1 aliphatic rings. The first-order chi connectivity index (χ1) is 12.4. The van der Waals surface area contributed by atoms with Crippen molar-refractivity contribution in [1.29, 1.82) is 0 Å². The Morgan fingerprint density at radius 1 is 1.22 bits per heavy atom. The molecule has 1 aromatic rings. The zero-order valence-electron chi connectivity index (χ0n) is 16.4. The minimum Gasteiger partial charge on any atom is -0.480 e. The minimum atomic E-state index is -0.796. The zero-order chi connectivity index (χ0) is 19.1. The van der Waals surface area contributed by atoms with Crippen LogP contribution in [0.3, 0.4) is 0 Å². The number of likely N-dealkylation sites (N-methyl/N-ethyl adjacent to an activating group) is 1. The second-order valence-electron chi connectivity index (χ2n) is 7.52. The maximum Gasteiger partial charge on any atom is 0.317 e. The summed E-state index contributed by atoms with van der Waals surface area (Å²) in [5.74, 6) is -0.434. The van der Waals surface area contributed by atoms with Crippen molar-refractivity contribution in [1.82, 2.24) is 15.1 Å². The summed E-state index contributed by atoms with van der Waals surface area (Å²) in [6.45, 7) is 6.33. The van der Waals surface area contributed by atoms with Crippen LogP contribution in [0.1, 0.15) is 38.3 Å². The second-order valence-corrected chi connectivity index (χ2v) is 7.52. The molecule has 1 fully saturated rings. The maximum atomic E-state index is 12.5. The van der Waals surface area contributed by atoms with Crippen LogP contribution in [-0.2, 0) is 9.59 Å². The molecule has 1 heterocycles. The number of piperidine rings is 1. The van der Waals surface area contributed by atoms with E-state index in [0.717, 1.165) is 31.5 Å². The van der Waals surface area contributed by atoms with Crippen molar-refractivity contribution in [2.75, 3.05) is 33.2 Å². The van der Waals surface area contributed by atoms with Gasteiger partial charge >= 0.3 is 5.97 Å². The molecule has 1 amide bonds. The maximum absolute atomic E-state index is 12.5. The Morgan fingerprint density at radius 3 is 2.33 bits per heavy atom. The van der Waals surface area contributed by atoms with E-state index in [4.69, 9.17) is 5.11 Å². The van der Waals surface area contributed by atoms with Crippen LogP contribution in [0.25, 0.3) is 0 Å². The molecule has 7 heteroatoms. The second kappa shape index (κ2) is 11.3. The molecule has 0 bridgehead atoms. The number of amides is 1. The van der Waals surface area contributed by atoms with Crippen molar-refractivity contribution in [2.45, 2.75) is 38.8 Å². The monoisotopic (exact) mass is 397 g/mol. The number of carboxylic acid groups (broad SMARTS) is 1. The van der Waals surface area contributed by atoms with Crippen molar-refractivity contribution in [2.24, 2.45) is 5.92 Å². The molecule has 1 aromatic carbocycles. The van der Waals surface area contributed by atoms with Crippen molar-refractivity contribution in [3.8, 4) is 0 Å². The lowest BCUT2D eigenvalue weighted by Gasteiger charge is -2.36. The Morgan fingerprint density at radius 2 is 1.81 bits per heavy atom. The molecule has 2 N–H and O–H groups in total. The van der Waals surface area contributed by atoms with Gasteiger partial charge in [0.05, 0.1) is 19.1 Å². The summed E-state index contributed by atoms with van der Waals surface area (Å²) in [5, 5.41) is 12.1. The van der Waals surface area contributed by atoms with E-state index in [0.29, 0.717) is 12.5 Å². The summed E-state index contributed by atoms with van der Waals surface area (Å²) < 4.78 is 0. The van der Waals surface area contributed by atoms with Crippen molar-refractivity contribution in [3.63, 3.8) is 0 Å². The molecule has 1 aliphatic heterocycles. The highest BCUT2D eigenvalue weighted by Crippen LogP contribution is 2.21. The van der Waals surface area contributed by atoms with Crippen LogP contribution in [-0.4, -0.2) is 66.1 Å². The summed E-state index contributed by atoms with van der Waals surface area (Å²) >= 11 is 0. The Labute approximate surface area is 168 Å². The molecule has 27 heavy (non-hydrogen) atoms. The summed E-state index contributed by atoms with van der Waals surface area (Å²) in [6.07, 6.45) is 1.78. The summed E-state index contributed by atoms with van der Waals surface area (Å²) in [6, 6.07) is 10.4. The average molecular weight is 398 g/mol. The molecular weight excluding hydrogens is 366 g/mol. The predicted molar refractivity (Wildman–Crippen MR) is 109 cm³/mol. The fourth-order valence-electron chi connectivity index (χ4n) is 3.58. The van der Waals surface area contributed by atoms with Gasteiger partial charge in [-0.05, 0) is 31.4 Å². The van der Waals surface area contributed by atoms with Gasteiger partial charge in [0.1, 0.15) is 0 Å². The van der Waals surface area contributed by atoms with Crippen molar-refractivity contribution in [3.05, 3.63) is 35.9 Å².